The number of hydrogen-bond donors (Lipinski definition) is 0. The number of carbonyl (C=O) groups excluding carboxylic acids is 1. The molecule has 0 spiro atoms. The third-order valence-electron chi connectivity index (χ3n) is 3.60. The van der Waals surface area contributed by atoms with Gasteiger partial charge in [-0.2, -0.15) is 8.78 Å². The predicted octanol–water partition coefficient (Wildman–Crippen LogP) is 3.89. The first-order chi connectivity index (χ1) is 12.8. The summed E-state index contributed by atoms with van der Waals surface area (Å²) < 4.78 is 30.5. The van der Waals surface area contributed by atoms with Crippen LogP contribution in [0.2, 0.25) is 0 Å². The summed E-state index contributed by atoms with van der Waals surface area (Å²) in [6.45, 7) is 4.34. The van der Waals surface area contributed by atoms with Gasteiger partial charge in [0.1, 0.15) is 27.6 Å². The molecule has 1 aromatic carbocycles. The molecule has 2 heterocycles. The molecule has 0 aliphatic heterocycles. The van der Waals surface area contributed by atoms with Crippen LogP contribution in [0.5, 0.6) is 5.75 Å². The third-order valence-corrected chi connectivity index (χ3v) is 4.32. The van der Waals surface area contributed by atoms with Gasteiger partial charge in [0.15, 0.2) is 0 Å². The maximum Gasteiger partial charge on any atom is 0.394 e. The fourth-order valence-electron chi connectivity index (χ4n) is 2.41. The number of hydrogen-bond acceptors (Lipinski definition) is 6. The summed E-state index contributed by atoms with van der Waals surface area (Å²) in [5, 5.41) is 0. The highest BCUT2D eigenvalue weighted by molar-refractivity contribution is 7.16. The van der Waals surface area contributed by atoms with Crippen molar-refractivity contribution in [1.29, 1.82) is 0 Å². The second-order valence-electron chi connectivity index (χ2n) is 5.83. The standard InChI is InChI=1S/C18H16F2N4O2S/c1-4-14(25)24(3)9-13-22-15(16-17(23-13)27-10-21-16)11-5-7-12(8-6-11)26-18(2,19)20/h4-8,10H,1,9H2,2-3H3. The Hall–Kier alpha value is -2.94. The lowest BCUT2D eigenvalue weighted by Gasteiger charge is -2.15. The van der Waals surface area contributed by atoms with Crippen molar-refractivity contribution in [1.82, 2.24) is 19.9 Å². The van der Waals surface area contributed by atoms with Crippen molar-refractivity contribution in [3.63, 3.8) is 0 Å². The van der Waals surface area contributed by atoms with E-state index in [0.29, 0.717) is 34.4 Å². The monoisotopic (exact) mass is 390 g/mol. The number of likely N-dealkylation sites (N-methyl/N-ethyl adjacent to an activating group) is 1. The second kappa shape index (κ2) is 7.36. The Morgan fingerprint density at radius 3 is 2.67 bits per heavy atom. The van der Waals surface area contributed by atoms with Gasteiger partial charge < -0.3 is 9.64 Å². The first-order valence-electron chi connectivity index (χ1n) is 7.92. The van der Waals surface area contributed by atoms with E-state index in [-0.39, 0.29) is 18.2 Å². The molecule has 140 valence electrons. The molecule has 0 unspecified atom stereocenters. The average molecular weight is 390 g/mol. The van der Waals surface area contributed by atoms with Crippen LogP contribution in [0, 0.1) is 0 Å². The van der Waals surface area contributed by atoms with E-state index in [1.54, 1.807) is 24.7 Å². The Morgan fingerprint density at radius 1 is 1.33 bits per heavy atom. The minimum atomic E-state index is -3.26. The SMILES string of the molecule is C=CC(=O)N(C)Cc1nc(-c2ccc(OC(C)(F)F)cc2)c2ncsc2n1. The first kappa shape index (κ1) is 18.8. The number of alkyl halides is 2. The molecule has 0 atom stereocenters. The van der Waals surface area contributed by atoms with Crippen molar-refractivity contribution in [2.24, 2.45) is 0 Å². The number of ether oxygens (including phenoxy) is 1. The summed E-state index contributed by atoms with van der Waals surface area (Å²) in [4.78, 5) is 27.1. The van der Waals surface area contributed by atoms with Crippen molar-refractivity contribution in [3.8, 4) is 17.0 Å². The largest absolute Gasteiger partial charge is 0.433 e. The van der Waals surface area contributed by atoms with Crippen molar-refractivity contribution < 1.29 is 18.3 Å². The van der Waals surface area contributed by atoms with Crippen molar-refractivity contribution in [3.05, 3.63) is 48.3 Å². The topological polar surface area (TPSA) is 68.2 Å². The van der Waals surface area contributed by atoms with Gasteiger partial charge in [0.25, 0.3) is 0 Å². The number of fused-ring (bicyclic) bond motifs is 1. The fourth-order valence-corrected chi connectivity index (χ4v) is 3.09. The smallest absolute Gasteiger partial charge is 0.394 e. The molecule has 0 N–H and O–H groups in total. The average Bonchev–Trinajstić information content (AvgIpc) is 3.08. The van der Waals surface area contributed by atoms with Crippen LogP contribution >= 0.6 is 11.3 Å². The fraction of sp³-hybridized carbons (Fsp3) is 0.222. The molecule has 0 radical (unpaired) electrons. The van der Waals surface area contributed by atoms with E-state index in [1.807, 2.05) is 0 Å². The number of benzene rings is 1. The van der Waals surface area contributed by atoms with Gasteiger partial charge in [0.05, 0.1) is 12.1 Å². The lowest BCUT2D eigenvalue weighted by Crippen LogP contribution is -2.25. The second-order valence-corrected chi connectivity index (χ2v) is 6.66. The zero-order chi connectivity index (χ0) is 19.6. The summed E-state index contributed by atoms with van der Waals surface area (Å²) in [6.07, 6.45) is -2.04. The Labute approximate surface area is 158 Å². The normalized spacial score (nSPS) is 11.4. The van der Waals surface area contributed by atoms with Gasteiger partial charge in [0.2, 0.25) is 5.91 Å². The van der Waals surface area contributed by atoms with Crippen LogP contribution in [0.3, 0.4) is 0 Å². The van der Waals surface area contributed by atoms with E-state index in [2.05, 4.69) is 26.3 Å². The molecule has 0 bridgehead atoms. The molecule has 0 saturated heterocycles. The van der Waals surface area contributed by atoms with E-state index in [4.69, 9.17) is 0 Å². The minimum absolute atomic E-state index is 0.0476. The van der Waals surface area contributed by atoms with Gasteiger partial charge >= 0.3 is 6.11 Å². The molecule has 0 aliphatic rings. The molecule has 3 aromatic rings. The van der Waals surface area contributed by atoms with Crippen LogP contribution in [0.15, 0.2) is 42.4 Å². The number of amides is 1. The number of nitrogens with zero attached hydrogens (tertiary/aromatic N) is 4. The Kier molecular flexibility index (Phi) is 5.13. The van der Waals surface area contributed by atoms with Gasteiger partial charge in [-0.3, -0.25) is 4.79 Å². The third kappa shape index (κ3) is 4.43. The van der Waals surface area contributed by atoms with Crippen LogP contribution in [0.25, 0.3) is 21.6 Å². The van der Waals surface area contributed by atoms with Gasteiger partial charge in [-0.15, -0.1) is 11.3 Å². The number of rotatable bonds is 6. The van der Waals surface area contributed by atoms with Crippen LogP contribution in [0.1, 0.15) is 12.7 Å². The number of halogens is 2. The summed E-state index contributed by atoms with van der Waals surface area (Å²) >= 11 is 1.35. The van der Waals surface area contributed by atoms with E-state index < -0.39 is 6.11 Å². The van der Waals surface area contributed by atoms with Crippen LogP contribution in [-0.2, 0) is 11.3 Å². The first-order valence-corrected chi connectivity index (χ1v) is 8.79. The van der Waals surface area contributed by atoms with Crippen LogP contribution < -0.4 is 4.74 Å². The summed E-state index contributed by atoms with van der Waals surface area (Å²) in [6, 6.07) is 6.15. The zero-order valence-corrected chi connectivity index (χ0v) is 15.5. The molecule has 1 amide bonds. The molecule has 2 aromatic heterocycles. The van der Waals surface area contributed by atoms with E-state index in [0.717, 1.165) is 0 Å². The summed E-state index contributed by atoms with van der Waals surface area (Å²) in [7, 11) is 1.63. The predicted molar refractivity (Wildman–Crippen MR) is 98.6 cm³/mol. The van der Waals surface area contributed by atoms with Gasteiger partial charge in [-0.25, -0.2) is 15.0 Å². The van der Waals surface area contributed by atoms with Crippen LogP contribution in [-0.4, -0.2) is 38.9 Å². The molecule has 3 rings (SSSR count). The van der Waals surface area contributed by atoms with Gasteiger partial charge in [0, 0.05) is 19.5 Å². The quantitative estimate of drug-likeness (QED) is 0.598. The molecular weight excluding hydrogens is 374 g/mol. The number of carbonyl (C=O) groups is 1. The van der Waals surface area contributed by atoms with E-state index in [1.165, 1.54) is 34.4 Å². The molecule has 6 nitrogen and oxygen atoms in total. The molecule has 0 aliphatic carbocycles. The summed E-state index contributed by atoms with van der Waals surface area (Å²) in [5.74, 6) is 0.248. The minimum Gasteiger partial charge on any atom is -0.433 e. The highest BCUT2D eigenvalue weighted by Gasteiger charge is 2.23. The molecule has 9 heteroatoms. The van der Waals surface area contributed by atoms with Crippen molar-refractivity contribution in [2.75, 3.05) is 7.05 Å². The molecule has 0 saturated carbocycles. The van der Waals surface area contributed by atoms with E-state index >= 15 is 0 Å². The van der Waals surface area contributed by atoms with Gasteiger partial charge in [-0.05, 0) is 30.3 Å². The lowest BCUT2D eigenvalue weighted by molar-refractivity contribution is -0.158. The lowest BCUT2D eigenvalue weighted by atomic mass is 10.1. The van der Waals surface area contributed by atoms with E-state index in [9.17, 15) is 13.6 Å². The summed E-state index contributed by atoms with van der Waals surface area (Å²) in [5.41, 5.74) is 3.50. The van der Waals surface area contributed by atoms with Gasteiger partial charge in [-0.1, -0.05) is 6.58 Å². The number of thiazole rings is 1. The maximum atomic E-state index is 13.0. The maximum absolute atomic E-state index is 13.0. The highest BCUT2D eigenvalue weighted by atomic mass is 32.1. The van der Waals surface area contributed by atoms with Crippen LogP contribution in [0.4, 0.5) is 8.78 Å². The highest BCUT2D eigenvalue weighted by Crippen LogP contribution is 2.30. The molecule has 27 heavy (non-hydrogen) atoms. The molecular formula is C18H16F2N4O2S. The Bertz CT molecular complexity index is 983. The molecule has 0 fully saturated rings. The zero-order valence-electron chi connectivity index (χ0n) is 14.6. The van der Waals surface area contributed by atoms with Crippen molar-refractivity contribution in [2.45, 2.75) is 19.6 Å². The van der Waals surface area contributed by atoms with Crippen molar-refractivity contribution >= 4 is 27.6 Å². The number of aromatic nitrogens is 3. The Balaban J connectivity index is 1.97. The Morgan fingerprint density at radius 2 is 2.04 bits per heavy atom.